The molecule has 0 aromatic heterocycles. The van der Waals surface area contributed by atoms with Gasteiger partial charge >= 0.3 is 95.3 Å². The van der Waals surface area contributed by atoms with Gasteiger partial charge < -0.3 is 0 Å². The van der Waals surface area contributed by atoms with Crippen LogP contribution in [0.5, 0.6) is 0 Å². The van der Waals surface area contributed by atoms with Gasteiger partial charge in [-0.2, -0.15) is 149 Å². The monoisotopic (exact) mass is 1560 g/mol. The van der Waals surface area contributed by atoms with Crippen LogP contribution in [0.4, 0.5) is 149 Å². The zero-order valence-electron chi connectivity index (χ0n) is 53.4. The predicted octanol–water partition coefficient (Wildman–Crippen LogP) is 23.7. The summed E-state index contributed by atoms with van der Waals surface area (Å²) in [5.74, 6) is -133. The molecule has 0 bridgehead atoms. The lowest BCUT2D eigenvalue weighted by Crippen LogP contribution is -2.74. The van der Waals surface area contributed by atoms with Crippen LogP contribution in [0.25, 0.3) is 43.1 Å². The van der Waals surface area contributed by atoms with E-state index in [0.717, 1.165) is 51.4 Å². The third-order valence-corrected chi connectivity index (χ3v) is 18.6. The second-order valence-corrected chi connectivity index (χ2v) is 25.4. The lowest BCUT2D eigenvalue weighted by atomic mass is 9.76. The molecule has 40 heteroatoms. The lowest BCUT2D eigenvalue weighted by Gasteiger charge is -2.43. The number of carbonyl (C=O) groups excluding carboxylic acids is 4. The molecule has 104 heavy (non-hydrogen) atoms. The Kier molecular flexibility index (Phi) is 22.6. The van der Waals surface area contributed by atoms with Crippen molar-refractivity contribution < 1.29 is 168 Å². The summed E-state index contributed by atoms with van der Waals surface area (Å²) in [6.45, 7) is 1.82. The Bertz CT molecular complexity index is 3790. The molecule has 2 aliphatic heterocycles. The molecule has 0 fully saturated rings. The molecule has 0 aliphatic carbocycles. The van der Waals surface area contributed by atoms with Gasteiger partial charge in [-0.15, -0.1) is 0 Å². The fraction of sp³-hybridized carbons (Fsp3) is 0.625. The molecule has 0 N–H and O–H groups in total. The summed E-state index contributed by atoms with van der Waals surface area (Å²) in [7, 11) is 0. The van der Waals surface area contributed by atoms with E-state index in [9.17, 15) is 80.6 Å². The van der Waals surface area contributed by atoms with E-state index in [1.165, 1.54) is 0 Å². The van der Waals surface area contributed by atoms with Crippen LogP contribution in [0.1, 0.15) is 195 Å². The maximum atomic E-state index is 17.6. The summed E-state index contributed by atoms with van der Waals surface area (Å²) in [6.07, 6.45) is -6.96. The van der Waals surface area contributed by atoms with Crippen LogP contribution in [0.15, 0.2) is 36.4 Å². The standard InChI is InChI=1S/C64H56F34N2O4/c1-3-5-7-9-11-13-15-17-19-21-27-99-45(101)33-25-23-31-42-38(50(67,68)52(71,72)54(75,76)56(79,80)58(83,84)60(87,88)62(91,92)64(96,97)98)30-36-40-34(46(102)100(48(36)104)28-22-20-18-16-14-12-10-8-6-4-2)26-24-32(44(40)42)41-37(29-35(47(99)103)39(33)43(31)41)49(65,66)51(69,70)53(73,74)55(77,78)57(81,82)59(85,86)61(89,90)63(93,94)95/h23-26,29-30H,3-22,27-28H2,1-2H3. The molecule has 0 radical (unpaired) electrons. The molecule has 0 spiro atoms. The van der Waals surface area contributed by atoms with Gasteiger partial charge in [0.15, 0.2) is 0 Å². The number of carbonyl (C=O) groups is 4. The van der Waals surface area contributed by atoms with Crippen molar-refractivity contribution in [2.45, 2.75) is 238 Å². The van der Waals surface area contributed by atoms with Gasteiger partial charge in [0.25, 0.3) is 23.6 Å². The molecule has 0 saturated carbocycles. The minimum atomic E-state index is -9.38. The summed E-state index contributed by atoms with van der Waals surface area (Å²) in [5.41, 5.74) is -13.6. The van der Waals surface area contributed by atoms with Gasteiger partial charge in [0.1, 0.15) is 0 Å². The molecular formula is C64H56F34N2O4. The molecule has 2 heterocycles. The Morgan fingerprint density at radius 1 is 0.240 bits per heavy atom. The summed E-state index contributed by atoms with van der Waals surface area (Å²) < 4.78 is 515. The largest absolute Gasteiger partial charge is 0.460 e. The number of fused-ring (bicyclic) bond motifs is 2. The number of alkyl halides is 34. The normalized spacial score (nSPS) is 16.0. The predicted molar refractivity (Wildman–Crippen MR) is 301 cm³/mol. The molecular weight excluding hydrogens is 1510 g/mol. The highest BCUT2D eigenvalue weighted by atomic mass is 19.4. The zero-order chi connectivity index (χ0) is 79.3. The highest BCUT2D eigenvalue weighted by Crippen LogP contribution is 2.69. The molecule has 2 aliphatic rings. The third kappa shape index (κ3) is 12.4. The average molecular weight is 1560 g/mol. The first kappa shape index (κ1) is 84.6. The van der Waals surface area contributed by atoms with E-state index in [1.54, 1.807) is 0 Å². The topological polar surface area (TPSA) is 74.8 Å². The minimum absolute atomic E-state index is 0.0247. The van der Waals surface area contributed by atoms with Gasteiger partial charge in [-0.3, -0.25) is 29.0 Å². The number of benzene rings is 5. The molecule has 5 aromatic rings. The van der Waals surface area contributed by atoms with Crippen LogP contribution < -0.4 is 0 Å². The van der Waals surface area contributed by atoms with E-state index < -0.39 is 233 Å². The van der Waals surface area contributed by atoms with Crippen molar-refractivity contribution >= 4 is 66.7 Å². The molecule has 0 atom stereocenters. The van der Waals surface area contributed by atoms with E-state index in [4.69, 9.17) is 0 Å². The summed E-state index contributed by atoms with van der Waals surface area (Å²) in [4.78, 5) is 58.0. The quantitative estimate of drug-likeness (QED) is 0.0132. The van der Waals surface area contributed by atoms with Crippen molar-refractivity contribution in [1.29, 1.82) is 0 Å². The summed E-state index contributed by atoms with van der Waals surface area (Å²) in [6, 6.07) is -1.79. The molecule has 0 saturated heterocycles. The molecule has 4 amide bonds. The number of hydrogen-bond acceptors (Lipinski definition) is 4. The molecule has 6 nitrogen and oxygen atoms in total. The molecule has 584 valence electrons. The minimum Gasteiger partial charge on any atom is -0.274 e. The average Bonchev–Trinajstić information content (AvgIpc) is 0.663. The maximum absolute atomic E-state index is 17.6. The van der Waals surface area contributed by atoms with Gasteiger partial charge in [-0.1, -0.05) is 142 Å². The van der Waals surface area contributed by atoms with E-state index >= 15 is 87.8 Å². The van der Waals surface area contributed by atoms with Crippen molar-refractivity contribution in [3.63, 3.8) is 0 Å². The number of imide groups is 2. The second-order valence-electron chi connectivity index (χ2n) is 25.4. The van der Waals surface area contributed by atoms with Crippen LogP contribution in [0.3, 0.4) is 0 Å². The first-order chi connectivity index (χ1) is 47.2. The van der Waals surface area contributed by atoms with Crippen LogP contribution in [0, 0.1) is 0 Å². The van der Waals surface area contributed by atoms with Crippen LogP contribution >= 0.6 is 0 Å². The third-order valence-electron chi connectivity index (χ3n) is 18.6. The number of hydrogen-bond donors (Lipinski definition) is 0. The number of amides is 4. The number of unbranched alkanes of at least 4 members (excludes halogenated alkanes) is 18. The molecule has 0 unspecified atom stereocenters. The maximum Gasteiger partial charge on any atom is 0.460 e. The van der Waals surface area contributed by atoms with Crippen molar-refractivity contribution in [1.82, 2.24) is 9.80 Å². The van der Waals surface area contributed by atoms with E-state index in [2.05, 4.69) is 0 Å². The van der Waals surface area contributed by atoms with Crippen LogP contribution in [0.2, 0.25) is 0 Å². The van der Waals surface area contributed by atoms with Crippen molar-refractivity contribution in [2.24, 2.45) is 0 Å². The number of rotatable bonds is 36. The van der Waals surface area contributed by atoms with E-state index in [0.29, 0.717) is 38.5 Å². The lowest BCUT2D eigenvalue weighted by molar-refractivity contribution is -0.462. The Morgan fingerprint density at radius 2 is 0.452 bits per heavy atom. The zero-order valence-corrected chi connectivity index (χ0v) is 53.4. The van der Waals surface area contributed by atoms with Crippen molar-refractivity contribution in [3.05, 3.63) is 69.8 Å². The fourth-order valence-electron chi connectivity index (χ4n) is 12.6. The van der Waals surface area contributed by atoms with E-state index in [1.807, 2.05) is 13.8 Å². The molecule has 5 aromatic carbocycles. The fourth-order valence-corrected chi connectivity index (χ4v) is 12.6. The summed E-state index contributed by atoms with van der Waals surface area (Å²) >= 11 is 0. The number of nitrogens with zero attached hydrogens (tertiary/aromatic N) is 2. The Hall–Kier alpha value is -6.70. The van der Waals surface area contributed by atoms with Crippen LogP contribution in [-0.4, -0.2) is 130 Å². The van der Waals surface area contributed by atoms with Crippen molar-refractivity contribution in [3.8, 4) is 0 Å². The SMILES string of the molecule is CCCCCCCCCCCCN1C(=O)c2ccc3c4c(C(F)(F)C(F)(F)C(F)(F)C(F)(F)C(F)(F)C(F)(F)C(F)(F)C(F)(F)F)cc5c6c(ccc(c7c(C(F)(F)C(F)(F)C(F)(F)C(F)(F)C(F)(F)C(F)(F)C(F)(F)C(F)(F)F)cc(c2c37)C1=O)c64)C(=O)N(CCCCCCCCCCCC)C5=O. The molecule has 7 rings (SSSR count). The van der Waals surface area contributed by atoms with Gasteiger partial charge in [0.05, 0.1) is 0 Å². The van der Waals surface area contributed by atoms with Gasteiger partial charge in [-0.05, 0) is 58.7 Å². The number of halogens is 34. The van der Waals surface area contributed by atoms with Gasteiger partial charge in [0, 0.05) is 68.0 Å². The summed E-state index contributed by atoms with van der Waals surface area (Å²) in [5, 5.41) is -16.7. The van der Waals surface area contributed by atoms with Gasteiger partial charge in [-0.25, -0.2) is 0 Å². The Labute approximate surface area is 564 Å². The van der Waals surface area contributed by atoms with Gasteiger partial charge in [0.2, 0.25) is 0 Å². The van der Waals surface area contributed by atoms with Crippen molar-refractivity contribution in [2.75, 3.05) is 13.1 Å². The first-order valence-corrected chi connectivity index (χ1v) is 31.7. The first-order valence-electron chi connectivity index (χ1n) is 31.7. The van der Waals surface area contributed by atoms with E-state index in [-0.39, 0.29) is 59.7 Å². The second kappa shape index (κ2) is 27.8. The Morgan fingerprint density at radius 3 is 0.692 bits per heavy atom. The highest BCUT2D eigenvalue weighted by molar-refractivity contribution is 6.42. The van der Waals surface area contributed by atoms with Crippen LogP contribution in [-0.2, 0) is 11.8 Å². The smallest absolute Gasteiger partial charge is 0.274 e. The highest BCUT2D eigenvalue weighted by Gasteiger charge is 2.97. The Balaban J connectivity index is 1.60.